The monoisotopic (exact) mass is 620 g/mol. The number of hydrogen-bond acceptors (Lipinski definition) is 9. The Morgan fingerprint density at radius 1 is 1.12 bits per heavy atom. The van der Waals surface area contributed by atoms with E-state index < -0.39 is 17.6 Å². The number of carbonyl (C=O) groups excluding carboxylic acids is 3. The minimum atomic E-state index is -0.739. The maximum Gasteiger partial charge on any atom is 0.312 e. The number of rotatable bonds is 21. The molecule has 0 aromatic heterocycles. The van der Waals surface area contributed by atoms with Gasteiger partial charge in [0, 0.05) is 38.2 Å². The average Bonchev–Trinajstić information content (AvgIpc) is 3.26. The highest BCUT2D eigenvalue weighted by Crippen LogP contribution is 2.35. The summed E-state index contributed by atoms with van der Waals surface area (Å²) >= 11 is 1.67. The normalized spacial score (nSPS) is 19.6. The topological polar surface area (TPSA) is 119 Å². The number of methoxy groups -OCH3 is 1. The summed E-state index contributed by atoms with van der Waals surface area (Å²) in [5.74, 6) is 0.430. The zero-order chi connectivity index (χ0) is 31.7. The fourth-order valence-electron chi connectivity index (χ4n) is 5.79. The Bertz CT molecular complexity index is 1020. The standard InChI is InChI=1S/C34H52O8S/c1-5-16-34(6-2,7-3)33(39)42-18-17-41-32(38)12-9-19-43-20-15-29-28(30(36)23-31(29)37)14-13-27(35)22-25-10-8-11-26(21-25)24-40-4/h8,10-11,13-14,21,27-30,35-36H,5-7,9,12,15-20,22-24H2,1-4H3/t27-,28-,29-,30-/m1/s1. The molecule has 0 aliphatic heterocycles. The van der Waals surface area contributed by atoms with Crippen LogP contribution in [0.5, 0.6) is 0 Å². The van der Waals surface area contributed by atoms with Gasteiger partial charge in [-0.25, -0.2) is 0 Å². The van der Waals surface area contributed by atoms with Crippen LogP contribution in [0.15, 0.2) is 36.4 Å². The predicted octanol–water partition coefficient (Wildman–Crippen LogP) is 5.46. The molecule has 8 nitrogen and oxygen atoms in total. The average molecular weight is 621 g/mol. The van der Waals surface area contributed by atoms with Gasteiger partial charge in [0.15, 0.2) is 0 Å². The van der Waals surface area contributed by atoms with E-state index in [9.17, 15) is 24.6 Å². The maximum absolute atomic E-state index is 12.6. The first-order valence-corrected chi connectivity index (χ1v) is 16.9. The van der Waals surface area contributed by atoms with Crippen molar-refractivity contribution in [3.63, 3.8) is 0 Å². The maximum atomic E-state index is 12.6. The summed E-state index contributed by atoms with van der Waals surface area (Å²) in [6.45, 7) is 6.70. The molecule has 1 aromatic carbocycles. The summed E-state index contributed by atoms with van der Waals surface area (Å²) in [7, 11) is 1.64. The summed E-state index contributed by atoms with van der Waals surface area (Å²) in [6, 6.07) is 7.87. The van der Waals surface area contributed by atoms with E-state index in [4.69, 9.17) is 14.2 Å². The summed E-state index contributed by atoms with van der Waals surface area (Å²) in [5.41, 5.74) is 1.58. The molecule has 4 atom stereocenters. The minimum absolute atomic E-state index is 0.0543. The van der Waals surface area contributed by atoms with Crippen LogP contribution in [-0.2, 0) is 41.6 Å². The third kappa shape index (κ3) is 12.4. The number of hydrogen-bond donors (Lipinski definition) is 2. The molecule has 242 valence electrons. The van der Waals surface area contributed by atoms with Gasteiger partial charge in [0.2, 0.25) is 0 Å². The first kappa shape index (κ1) is 37.0. The molecule has 43 heavy (non-hydrogen) atoms. The van der Waals surface area contributed by atoms with Crippen molar-refractivity contribution >= 4 is 29.5 Å². The van der Waals surface area contributed by atoms with Crippen molar-refractivity contribution in [2.24, 2.45) is 17.3 Å². The van der Waals surface area contributed by atoms with Crippen molar-refractivity contribution < 1.29 is 38.8 Å². The van der Waals surface area contributed by atoms with Crippen LogP contribution in [0, 0.1) is 17.3 Å². The Labute approximate surface area is 261 Å². The second kappa shape index (κ2) is 20.0. The number of aliphatic hydroxyl groups excluding tert-OH is 2. The van der Waals surface area contributed by atoms with Gasteiger partial charge in [-0.05, 0) is 54.7 Å². The molecule has 0 radical (unpaired) electrons. The van der Waals surface area contributed by atoms with Crippen LogP contribution >= 0.6 is 11.8 Å². The molecule has 9 heteroatoms. The zero-order valence-corrected chi connectivity index (χ0v) is 27.2. The zero-order valence-electron chi connectivity index (χ0n) is 26.4. The highest BCUT2D eigenvalue weighted by Gasteiger charge is 2.39. The summed E-state index contributed by atoms with van der Waals surface area (Å²) in [6.07, 6.45) is 7.34. The second-order valence-corrected chi connectivity index (χ2v) is 12.7. The summed E-state index contributed by atoms with van der Waals surface area (Å²) in [5, 5.41) is 21.0. The SMILES string of the molecule is CCCC(CC)(CC)C(=O)OCCOC(=O)CCCSCC[C@H]1C(=O)C[C@@H](O)[C@@H]1C=C[C@@H](O)Cc1cccc(COC)c1. The van der Waals surface area contributed by atoms with Crippen molar-refractivity contribution in [2.45, 2.75) is 97.4 Å². The Balaban J connectivity index is 1.66. The van der Waals surface area contributed by atoms with E-state index in [1.165, 1.54) is 0 Å². The van der Waals surface area contributed by atoms with Gasteiger partial charge < -0.3 is 24.4 Å². The van der Waals surface area contributed by atoms with E-state index in [0.29, 0.717) is 25.9 Å². The van der Waals surface area contributed by atoms with Crippen molar-refractivity contribution in [1.82, 2.24) is 0 Å². The van der Waals surface area contributed by atoms with Crippen LogP contribution in [0.4, 0.5) is 0 Å². The third-order valence-corrected chi connectivity index (χ3v) is 9.47. The van der Waals surface area contributed by atoms with Gasteiger partial charge in [-0.3, -0.25) is 14.4 Å². The number of ketones is 1. The lowest BCUT2D eigenvalue weighted by Gasteiger charge is -2.28. The van der Waals surface area contributed by atoms with E-state index in [1.807, 2.05) is 38.1 Å². The van der Waals surface area contributed by atoms with Gasteiger partial charge in [-0.2, -0.15) is 11.8 Å². The molecule has 1 aliphatic carbocycles. The number of ether oxygens (including phenoxy) is 3. The highest BCUT2D eigenvalue weighted by molar-refractivity contribution is 7.99. The molecule has 1 aromatic rings. The molecule has 2 N–H and O–H groups in total. The first-order valence-electron chi connectivity index (χ1n) is 15.7. The Kier molecular flexibility index (Phi) is 17.2. The quantitative estimate of drug-likeness (QED) is 0.105. The Morgan fingerprint density at radius 2 is 1.84 bits per heavy atom. The largest absolute Gasteiger partial charge is 0.462 e. The van der Waals surface area contributed by atoms with Crippen LogP contribution in [0.1, 0.15) is 83.3 Å². The Morgan fingerprint density at radius 3 is 2.53 bits per heavy atom. The first-order chi connectivity index (χ1) is 20.7. The molecule has 0 amide bonds. The molecule has 0 unspecified atom stereocenters. The summed E-state index contributed by atoms with van der Waals surface area (Å²) < 4.78 is 15.8. The third-order valence-electron chi connectivity index (χ3n) is 8.37. The van der Waals surface area contributed by atoms with E-state index in [2.05, 4.69) is 6.92 Å². The highest BCUT2D eigenvalue weighted by atomic mass is 32.2. The summed E-state index contributed by atoms with van der Waals surface area (Å²) in [4.78, 5) is 37.2. The lowest BCUT2D eigenvalue weighted by Crippen LogP contribution is -2.32. The number of benzene rings is 1. The van der Waals surface area contributed by atoms with Crippen LogP contribution in [-0.4, -0.2) is 72.0 Å². The molecule has 0 saturated heterocycles. The Hall–Kier alpha value is -2.20. The molecule has 1 fully saturated rings. The molecular weight excluding hydrogens is 568 g/mol. The lowest BCUT2D eigenvalue weighted by atomic mass is 9.78. The van der Waals surface area contributed by atoms with Gasteiger partial charge in [0.1, 0.15) is 19.0 Å². The van der Waals surface area contributed by atoms with E-state index >= 15 is 0 Å². The van der Waals surface area contributed by atoms with Gasteiger partial charge in [-0.15, -0.1) is 0 Å². The van der Waals surface area contributed by atoms with Crippen molar-refractivity contribution in [3.05, 3.63) is 47.5 Å². The number of esters is 2. The van der Waals surface area contributed by atoms with Crippen LogP contribution in [0.2, 0.25) is 0 Å². The van der Waals surface area contributed by atoms with Gasteiger partial charge >= 0.3 is 11.9 Å². The van der Waals surface area contributed by atoms with Gasteiger partial charge in [-0.1, -0.05) is 63.6 Å². The molecule has 1 saturated carbocycles. The predicted molar refractivity (Wildman–Crippen MR) is 170 cm³/mol. The van der Waals surface area contributed by atoms with Crippen LogP contribution in [0.25, 0.3) is 0 Å². The van der Waals surface area contributed by atoms with Crippen LogP contribution < -0.4 is 0 Å². The molecule has 0 heterocycles. The smallest absolute Gasteiger partial charge is 0.312 e. The van der Waals surface area contributed by atoms with E-state index in [1.54, 1.807) is 31.0 Å². The van der Waals surface area contributed by atoms with Crippen molar-refractivity contribution in [2.75, 3.05) is 31.8 Å². The number of carbonyl (C=O) groups is 3. The number of aliphatic hydroxyl groups is 2. The van der Waals surface area contributed by atoms with E-state index in [0.717, 1.165) is 48.3 Å². The lowest BCUT2D eigenvalue weighted by molar-refractivity contribution is -0.161. The van der Waals surface area contributed by atoms with Crippen molar-refractivity contribution in [3.8, 4) is 0 Å². The number of thioether (sulfide) groups is 1. The molecule has 2 rings (SSSR count). The molecule has 0 bridgehead atoms. The molecule has 0 spiro atoms. The fraction of sp³-hybridized carbons (Fsp3) is 0.676. The number of Topliss-reactive ketones (excluding diaryl/α,β-unsaturated/α-hetero) is 1. The van der Waals surface area contributed by atoms with Crippen LogP contribution in [0.3, 0.4) is 0 Å². The van der Waals surface area contributed by atoms with Gasteiger partial charge in [0.05, 0.1) is 24.2 Å². The van der Waals surface area contributed by atoms with Crippen molar-refractivity contribution in [1.29, 1.82) is 0 Å². The van der Waals surface area contributed by atoms with Gasteiger partial charge in [0.25, 0.3) is 0 Å². The minimum Gasteiger partial charge on any atom is -0.462 e. The second-order valence-electron chi connectivity index (χ2n) is 11.4. The van der Waals surface area contributed by atoms with E-state index in [-0.39, 0.29) is 55.6 Å². The molecule has 1 aliphatic rings. The fourth-order valence-corrected chi connectivity index (χ4v) is 6.76. The molecular formula is C34H52O8S.